The molecule has 0 amide bonds. The molecule has 0 unspecified atom stereocenters. The van der Waals surface area contributed by atoms with E-state index in [1.807, 2.05) is 0 Å². The summed E-state index contributed by atoms with van der Waals surface area (Å²) in [6.07, 6.45) is 2.56. The second kappa shape index (κ2) is 5.38. The summed E-state index contributed by atoms with van der Waals surface area (Å²) in [4.78, 5) is 14.0. The number of H-pyrrole nitrogens is 1. The molecule has 20 heavy (non-hydrogen) atoms. The third-order valence-corrected chi connectivity index (χ3v) is 4.67. The third-order valence-electron chi connectivity index (χ3n) is 2.86. The number of benzene rings is 1. The smallest absolute Gasteiger partial charge is 0.269 e. The fraction of sp³-hybridized carbons (Fsp3) is 0.154. The van der Waals surface area contributed by atoms with Crippen LogP contribution in [0.3, 0.4) is 0 Å². The summed E-state index contributed by atoms with van der Waals surface area (Å²) in [5, 5.41) is 0. The van der Waals surface area contributed by atoms with Crippen molar-refractivity contribution in [2.45, 2.75) is 4.90 Å². The number of hydrogen-bond donors (Lipinski definition) is 1. The van der Waals surface area contributed by atoms with Gasteiger partial charge in [-0.2, -0.15) is 0 Å². The summed E-state index contributed by atoms with van der Waals surface area (Å²) in [5.74, 6) is 0.622. The highest BCUT2D eigenvalue weighted by Gasteiger charge is 2.23. The first kappa shape index (κ1) is 14.1. The maximum atomic E-state index is 12.4. The number of hydrogen-bond acceptors (Lipinski definition) is 4. The molecular weight excluding hydrogens is 280 g/mol. The molecule has 1 N–H and O–H groups in total. The molecule has 2 rings (SSSR count). The Kier molecular flexibility index (Phi) is 3.80. The quantitative estimate of drug-likeness (QED) is 0.919. The fourth-order valence-corrected chi connectivity index (χ4v) is 2.91. The maximum Gasteiger partial charge on any atom is 0.269 e. The molecule has 0 spiro atoms. The van der Waals surface area contributed by atoms with Gasteiger partial charge in [-0.05, 0) is 24.3 Å². The Labute approximate surface area is 116 Å². The van der Waals surface area contributed by atoms with E-state index in [9.17, 15) is 13.2 Å². The van der Waals surface area contributed by atoms with Crippen molar-refractivity contribution in [1.82, 2.24) is 4.98 Å². The van der Waals surface area contributed by atoms with Crippen molar-refractivity contribution in [2.24, 2.45) is 0 Å². The van der Waals surface area contributed by atoms with Crippen LogP contribution in [0.4, 0.5) is 5.69 Å². The minimum atomic E-state index is -3.89. The third kappa shape index (κ3) is 2.53. The molecule has 0 aliphatic heterocycles. The van der Waals surface area contributed by atoms with Crippen molar-refractivity contribution in [3.8, 4) is 5.75 Å². The van der Waals surface area contributed by atoms with Crippen molar-refractivity contribution in [3.63, 3.8) is 0 Å². The van der Waals surface area contributed by atoms with Gasteiger partial charge in [0.15, 0.2) is 4.90 Å². The van der Waals surface area contributed by atoms with E-state index in [1.165, 1.54) is 32.6 Å². The molecule has 0 atom stereocenters. The minimum Gasteiger partial charge on any atom is -0.497 e. The lowest BCUT2D eigenvalue weighted by molar-refractivity contribution is 0.415. The number of aromatic amines is 1. The van der Waals surface area contributed by atoms with Gasteiger partial charge in [0, 0.05) is 25.5 Å². The van der Waals surface area contributed by atoms with E-state index < -0.39 is 15.5 Å². The molecule has 0 aliphatic carbocycles. The van der Waals surface area contributed by atoms with Crippen LogP contribution in [0, 0.1) is 0 Å². The zero-order chi connectivity index (χ0) is 14.8. The summed E-state index contributed by atoms with van der Waals surface area (Å²) in [6, 6.07) is 7.68. The molecule has 6 nitrogen and oxygen atoms in total. The van der Waals surface area contributed by atoms with Crippen LogP contribution in [-0.4, -0.2) is 27.6 Å². The highest BCUT2D eigenvalue weighted by atomic mass is 32.2. The van der Waals surface area contributed by atoms with Gasteiger partial charge in [-0.15, -0.1) is 0 Å². The Bertz CT molecular complexity index is 750. The number of aromatic nitrogens is 1. The van der Waals surface area contributed by atoms with Crippen molar-refractivity contribution >= 4 is 15.7 Å². The van der Waals surface area contributed by atoms with Gasteiger partial charge in [-0.3, -0.25) is 9.10 Å². The molecule has 0 bridgehead atoms. The first-order valence-corrected chi connectivity index (χ1v) is 7.21. The number of nitrogens with one attached hydrogen (secondary N) is 1. The minimum absolute atomic E-state index is 0.293. The van der Waals surface area contributed by atoms with E-state index in [-0.39, 0.29) is 4.90 Å². The number of sulfonamides is 1. The van der Waals surface area contributed by atoms with Gasteiger partial charge < -0.3 is 9.72 Å². The van der Waals surface area contributed by atoms with Gasteiger partial charge >= 0.3 is 0 Å². The van der Waals surface area contributed by atoms with Crippen LogP contribution in [0.5, 0.6) is 5.75 Å². The molecule has 1 aromatic heterocycles. The van der Waals surface area contributed by atoms with Crippen molar-refractivity contribution in [3.05, 3.63) is 52.9 Å². The first-order chi connectivity index (χ1) is 9.46. The van der Waals surface area contributed by atoms with Gasteiger partial charge in [-0.25, -0.2) is 8.42 Å². The Morgan fingerprint density at radius 2 is 1.80 bits per heavy atom. The highest BCUT2D eigenvalue weighted by molar-refractivity contribution is 7.92. The van der Waals surface area contributed by atoms with Crippen molar-refractivity contribution in [2.75, 3.05) is 18.5 Å². The van der Waals surface area contributed by atoms with E-state index in [4.69, 9.17) is 4.74 Å². The number of ether oxygens (including phenoxy) is 1. The van der Waals surface area contributed by atoms with Crippen LogP contribution < -0.4 is 14.5 Å². The summed E-state index contributed by atoms with van der Waals surface area (Å²) in [7, 11) is -0.974. The highest BCUT2D eigenvalue weighted by Crippen LogP contribution is 2.22. The average molecular weight is 294 g/mol. The lowest BCUT2D eigenvalue weighted by Crippen LogP contribution is -2.30. The second-order valence-electron chi connectivity index (χ2n) is 4.04. The Balaban J connectivity index is 2.43. The molecule has 0 saturated carbocycles. The molecule has 0 radical (unpaired) electrons. The van der Waals surface area contributed by atoms with E-state index >= 15 is 0 Å². The molecule has 2 aromatic rings. The Morgan fingerprint density at radius 1 is 1.15 bits per heavy atom. The van der Waals surface area contributed by atoms with Crippen LogP contribution in [0.1, 0.15) is 0 Å². The summed E-state index contributed by atoms with van der Waals surface area (Å²) >= 11 is 0. The lowest BCUT2D eigenvalue weighted by atomic mass is 10.3. The largest absolute Gasteiger partial charge is 0.497 e. The molecule has 0 saturated heterocycles. The average Bonchev–Trinajstić information content (AvgIpc) is 2.47. The van der Waals surface area contributed by atoms with Crippen molar-refractivity contribution < 1.29 is 13.2 Å². The predicted molar refractivity (Wildman–Crippen MR) is 75.6 cm³/mol. The topological polar surface area (TPSA) is 79.5 Å². The van der Waals surface area contributed by atoms with Crippen LogP contribution in [0.25, 0.3) is 0 Å². The fourth-order valence-electron chi connectivity index (χ4n) is 1.68. The molecule has 7 heteroatoms. The summed E-state index contributed by atoms with van der Waals surface area (Å²) in [5.41, 5.74) is -0.113. The lowest BCUT2D eigenvalue weighted by Gasteiger charge is -2.19. The van der Waals surface area contributed by atoms with Crippen LogP contribution >= 0.6 is 0 Å². The predicted octanol–water partition coefficient (Wildman–Crippen LogP) is 1.21. The summed E-state index contributed by atoms with van der Waals surface area (Å²) in [6.45, 7) is 0. The van der Waals surface area contributed by atoms with Crippen LogP contribution in [0.15, 0.2) is 52.4 Å². The Morgan fingerprint density at radius 3 is 2.35 bits per heavy atom. The van der Waals surface area contributed by atoms with Gasteiger partial charge in [0.05, 0.1) is 12.8 Å². The maximum absolute atomic E-state index is 12.4. The monoisotopic (exact) mass is 294 g/mol. The molecule has 0 aliphatic rings. The number of methoxy groups -OCH3 is 1. The van der Waals surface area contributed by atoms with Gasteiger partial charge in [0.2, 0.25) is 5.43 Å². The van der Waals surface area contributed by atoms with Gasteiger partial charge in [0.1, 0.15) is 5.75 Å². The SMILES string of the molecule is COc1ccc(N(C)S(=O)(=O)c2c[nH]ccc2=O)cc1. The van der Waals surface area contributed by atoms with E-state index in [0.29, 0.717) is 11.4 Å². The number of anilines is 1. The van der Waals surface area contributed by atoms with Crippen molar-refractivity contribution in [1.29, 1.82) is 0 Å². The normalized spacial score (nSPS) is 11.1. The first-order valence-electron chi connectivity index (χ1n) is 5.77. The zero-order valence-electron chi connectivity index (χ0n) is 11.0. The molecule has 0 fully saturated rings. The van der Waals surface area contributed by atoms with Crippen LogP contribution in [-0.2, 0) is 10.0 Å². The van der Waals surface area contributed by atoms with Gasteiger partial charge in [-0.1, -0.05) is 0 Å². The number of nitrogens with zero attached hydrogens (tertiary/aromatic N) is 1. The summed E-state index contributed by atoms with van der Waals surface area (Å²) < 4.78 is 30.8. The van der Waals surface area contributed by atoms with E-state index in [1.54, 1.807) is 24.3 Å². The molecule has 1 heterocycles. The van der Waals surface area contributed by atoms with Gasteiger partial charge in [0.25, 0.3) is 10.0 Å². The van der Waals surface area contributed by atoms with E-state index in [0.717, 1.165) is 4.31 Å². The number of rotatable bonds is 4. The number of pyridine rings is 1. The van der Waals surface area contributed by atoms with E-state index in [2.05, 4.69) is 4.98 Å². The molecule has 106 valence electrons. The second-order valence-corrected chi connectivity index (χ2v) is 5.98. The van der Waals surface area contributed by atoms with Crippen LogP contribution in [0.2, 0.25) is 0 Å². The Hall–Kier alpha value is -2.28. The molecule has 1 aromatic carbocycles. The standard InChI is InChI=1S/C13H14N2O4S/c1-15(10-3-5-11(19-2)6-4-10)20(17,18)13-9-14-8-7-12(13)16/h3-9H,1-2H3,(H,14,16). The molecular formula is C13H14N2O4S. The zero-order valence-corrected chi connectivity index (χ0v) is 11.8.